The van der Waals surface area contributed by atoms with E-state index in [2.05, 4.69) is 55.5 Å². The minimum Gasteiger partial charge on any atom is -0.361 e. The van der Waals surface area contributed by atoms with Crippen LogP contribution in [0.5, 0.6) is 0 Å². The van der Waals surface area contributed by atoms with Crippen molar-refractivity contribution in [3.05, 3.63) is 72.1 Å². The Kier molecular flexibility index (Phi) is 12.1. The smallest absolute Gasteiger partial charge is 0.220 e. The predicted molar refractivity (Wildman–Crippen MR) is 163 cm³/mol. The molecule has 0 aliphatic rings. The van der Waals surface area contributed by atoms with Crippen LogP contribution >= 0.6 is 0 Å². The molecule has 0 saturated heterocycles. The largest absolute Gasteiger partial charge is 0.361 e. The number of nitrogens with one attached hydrogen (secondary N) is 6. The highest BCUT2D eigenvalue weighted by Gasteiger charge is 2.07. The number of fused-ring (bicyclic) bond motifs is 2. The fraction of sp³-hybridized carbons (Fsp3) is 0.438. The third-order valence-corrected chi connectivity index (χ3v) is 7.25. The number of hydrogen-bond acceptors (Lipinski definition) is 4. The molecule has 8 nitrogen and oxygen atoms in total. The highest BCUT2D eigenvalue weighted by atomic mass is 16.2. The van der Waals surface area contributed by atoms with E-state index >= 15 is 0 Å². The molecule has 0 saturated carbocycles. The predicted octanol–water partition coefficient (Wildman–Crippen LogP) is 4.19. The fourth-order valence-corrected chi connectivity index (χ4v) is 4.98. The van der Waals surface area contributed by atoms with Gasteiger partial charge in [0.05, 0.1) is 0 Å². The number of amides is 2. The van der Waals surface area contributed by atoms with Crippen LogP contribution in [0.15, 0.2) is 60.9 Å². The average Bonchev–Trinajstić information content (AvgIpc) is 3.59. The van der Waals surface area contributed by atoms with Crippen molar-refractivity contribution in [3.8, 4) is 0 Å². The Morgan fingerprint density at radius 2 is 0.975 bits per heavy atom. The molecule has 40 heavy (non-hydrogen) atoms. The molecule has 4 rings (SSSR count). The molecule has 2 amide bonds. The molecule has 6 N–H and O–H groups in total. The van der Waals surface area contributed by atoms with Gasteiger partial charge in [-0.2, -0.15) is 0 Å². The van der Waals surface area contributed by atoms with Crippen molar-refractivity contribution in [3.63, 3.8) is 0 Å². The summed E-state index contributed by atoms with van der Waals surface area (Å²) in [5, 5.41) is 15.4. The summed E-state index contributed by atoms with van der Waals surface area (Å²) in [7, 11) is 0. The molecule has 0 fully saturated rings. The van der Waals surface area contributed by atoms with Crippen molar-refractivity contribution in [2.75, 3.05) is 39.3 Å². The van der Waals surface area contributed by atoms with Gasteiger partial charge in [0.2, 0.25) is 11.8 Å². The molecule has 0 bridgehead atoms. The molecule has 0 unspecified atom stereocenters. The van der Waals surface area contributed by atoms with Gasteiger partial charge in [-0.05, 0) is 88.0 Å². The number of aromatic nitrogens is 2. The van der Waals surface area contributed by atoms with Gasteiger partial charge in [0.15, 0.2) is 0 Å². The van der Waals surface area contributed by atoms with Gasteiger partial charge in [-0.3, -0.25) is 9.59 Å². The molecule has 2 heterocycles. The molecule has 2 aromatic heterocycles. The van der Waals surface area contributed by atoms with Crippen LogP contribution in [0.4, 0.5) is 0 Å². The summed E-state index contributed by atoms with van der Waals surface area (Å²) < 4.78 is 0. The summed E-state index contributed by atoms with van der Waals surface area (Å²) in [6, 6.07) is 16.4. The maximum absolute atomic E-state index is 12.2. The zero-order valence-electron chi connectivity index (χ0n) is 23.5. The second kappa shape index (κ2) is 16.5. The van der Waals surface area contributed by atoms with Gasteiger partial charge in [-0.15, -0.1) is 0 Å². The van der Waals surface area contributed by atoms with E-state index in [0.717, 1.165) is 75.7 Å². The van der Waals surface area contributed by atoms with Crippen LogP contribution in [0.2, 0.25) is 0 Å². The van der Waals surface area contributed by atoms with Crippen LogP contribution in [0.1, 0.15) is 49.7 Å². The third-order valence-electron chi connectivity index (χ3n) is 7.25. The highest BCUT2D eigenvalue weighted by Crippen LogP contribution is 2.19. The molecular formula is C32H44N6O2. The van der Waals surface area contributed by atoms with Crippen molar-refractivity contribution in [2.45, 2.75) is 51.4 Å². The second-order valence-electron chi connectivity index (χ2n) is 10.3. The number of aromatic amines is 2. The van der Waals surface area contributed by atoms with Crippen LogP contribution in [0.3, 0.4) is 0 Å². The van der Waals surface area contributed by atoms with E-state index < -0.39 is 0 Å². The number of H-pyrrole nitrogens is 2. The first-order chi connectivity index (χ1) is 19.7. The van der Waals surface area contributed by atoms with Crippen LogP contribution in [0.25, 0.3) is 21.8 Å². The van der Waals surface area contributed by atoms with E-state index in [1.165, 1.54) is 21.9 Å². The summed E-state index contributed by atoms with van der Waals surface area (Å²) in [5.74, 6) is 0.225. The summed E-state index contributed by atoms with van der Waals surface area (Å²) in [6.07, 6.45) is 10.7. The van der Waals surface area contributed by atoms with E-state index in [1.807, 2.05) is 36.7 Å². The van der Waals surface area contributed by atoms with E-state index in [1.54, 1.807) is 0 Å². The SMILES string of the molecule is O=C(CCc1c[nH]c2ccccc12)NCCCNCCCCNCCCNC(=O)CCc1c[nH]c2ccccc12. The average molecular weight is 545 g/mol. The lowest BCUT2D eigenvalue weighted by atomic mass is 10.1. The zero-order valence-corrected chi connectivity index (χ0v) is 23.5. The molecule has 0 spiro atoms. The third kappa shape index (κ3) is 9.54. The maximum Gasteiger partial charge on any atom is 0.220 e. The normalized spacial score (nSPS) is 11.3. The van der Waals surface area contributed by atoms with E-state index in [0.29, 0.717) is 25.9 Å². The molecule has 0 aliphatic carbocycles. The number of carbonyl (C=O) groups is 2. The summed E-state index contributed by atoms with van der Waals surface area (Å²) in [6.45, 7) is 5.22. The van der Waals surface area contributed by atoms with Crippen molar-refractivity contribution < 1.29 is 9.59 Å². The first-order valence-corrected chi connectivity index (χ1v) is 14.8. The Balaban J connectivity index is 0.896. The summed E-state index contributed by atoms with van der Waals surface area (Å²) >= 11 is 0. The van der Waals surface area contributed by atoms with Gasteiger partial charge in [-0.1, -0.05) is 36.4 Å². The first-order valence-electron chi connectivity index (χ1n) is 14.8. The molecule has 8 heteroatoms. The topological polar surface area (TPSA) is 114 Å². The van der Waals surface area contributed by atoms with Gasteiger partial charge in [0.25, 0.3) is 0 Å². The van der Waals surface area contributed by atoms with Gasteiger partial charge in [0.1, 0.15) is 0 Å². The van der Waals surface area contributed by atoms with Crippen molar-refractivity contribution in [1.29, 1.82) is 0 Å². The Morgan fingerprint density at radius 3 is 1.45 bits per heavy atom. The monoisotopic (exact) mass is 544 g/mol. The number of unbranched alkanes of at least 4 members (excludes halogenated alkanes) is 1. The summed E-state index contributed by atoms with van der Waals surface area (Å²) in [5.41, 5.74) is 4.63. The molecule has 0 aliphatic heterocycles. The van der Waals surface area contributed by atoms with Crippen LogP contribution in [-0.4, -0.2) is 61.1 Å². The Hall–Kier alpha value is -3.62. The maximum atomic E-state index is 12.2. The van der Waals surface area contributed by atoms with Crippen molar-refractivity contribution >= 4 is 33.6 Å². The van der Waals surface area contributed by atoms with Crippen molar-refractivity contribution in [1.82, 2.24) is 31.2 Å². The number of para-hydroxylation sites is 2. The Bertz CT molecular complexity index is 1230. The quantitative estimate of drug-likeness (QED) is 0.0994. The Labute approximate surface area is 237 Å². The first kappa shape index (κ1) is 29.4. The number of aryl methyl sites for hydroxylation is 2. The van der Waals surface area contributed by atoms with Gasteiger partial charge >= 0.3 is 0 Å². The minimum absolute atomic E-state index is 0.112. The van der Waals surface area contributed by atoms with E-state index in [4.69, 9.17) is 0 Å². The summed E-state index contributed by atoms with van der Waals surface area (Å²) in [4.78, 5) is 30.8. The Morgan fingerprint density at radius 1 is 0.550 bits per heavy atom. The lowest BCUT2D eigenvalue weighted by Crippen LogP contribution is -2.28. The molecule has 2 aromatic carbocycles. The number of benzene rings is 2. The van der Waals surface area contributed by atoms with Crippen molar-refractivity contribution in [2.24, 2.45) is 0 Å². The fourth-order valence-electron chi connectivity index (χ4n) is 4.98. The van der Waals surface area contributed by atoms with Gasteiger partial charge in [-0.25, -0.2) is 0 Å². The highest BCUT2D eigenvalue weighted by molar-refractivity contribution is 5.85. The number of rotatable bonds is 19. The van der Waals surface area contributed by atoms with Crippen LogP contribution in [-0.2, 0) is 22.4 Å². The van der Waals surface area contributed by atoms with E-state index in [9.17, 15) is 9.59 Å². The van der Waals surface area contributed by atoms with Gasteiger partial charge < -0.3 is 31.2 Å². The lowest BCUT2D eigenvalue weighted by molar-refractivity contribution is -0.121. The van der Waals surface area contributed by atoms with Crippen LogP contribution < -0.4 is 21.3 Å². The second-order valence-corrected chi connectivity index (χ2v) is 10.3. The molecule has 0 radical (unpaired) electrons. The molecular weight excluding hydrogens is 500 g/mol. The van der Waals surface area contributed by atoms with Gasteiger partial charge in [0, 0.05) is 60.1 Å². The number of carbonyl (C=O) groups excluding carboxylic acids is 2. The standard InChI is InChI=1S/C32H44N6O2/c39-31(15-13-25-23-37-29-11-3-1-9-27(25)29)35-21-7-19-33-17-5-6-18-34-20-8-22-36-32(40)16-14-26-24-38-30-12-4-2-10-28(26)30/h1-4,9-12,23-24,33-34,37-38H,5-8,13-22H2,(H,35,39)(H,36,40). The molecule has 214 valence electrons. The lowest BCUT2D eigenvalue weighted by Gasteiger charge is -2.08. The number of hydrogen-bond donors (Lipinski definition) is 6. The minimum atomic E-state index is 0.112. The molecule has 0 atom stereocenters. The van der Waals surface area contributed by atoms with E-state index in [-0.39, 0.29) is 11.8 Å². The zero-order chi connectivity index (χ0) is 27.8. The molecule has 4 aromatic rings. The van der Waals surface area contributed by atoms with Crippen LogP contribution in [0, 0.1) is 0 Å².